The van der Waals surface area contributed by atoms with Crippen LogP contribution >= 0.6 is 0 Å². The van der Waals surface area contributed by atoms with Crippen LogP contribution in [0, 0.1) is 0 Å². The van der Waals surface area contributed by atoms with Crippen molar-refractivity contribution >= 4 is 18.0 Å². The number of hydrogen-bond donors (Lipinski definition) is 1. The summed E-state index contributed by atoms with van der Waals surface area (Å²) in [5.41, 5.74) is 0.572. The molecule has 0 bridgehead atoms. The van der Waals surface area contributed by atoms with Crippen LogP contribution in [0.1, 0.15) is 20.3 Å². The van der Waals surface area contributed by atoms with E-state index in [1.54, 1.807) is 6.92 Å². The summed E-state index contributed by atoms with van der Waals surface area (Å²) in [6.45, 7) is 6.45. The van der Waals surface area contributed by atoms with E-state index in [1.165, 1.54) is 6.92 Å². The molecule has 0 saturated heterocycles. The molecule has 0 aliphatic heterocycles. The Bertz CT molecular complexity index is 193. The first-order valence-corrected chi connectivity index (χ1v) is 3.26. The molecular formula is C8H12O4. The summed E-state index contributed by atoms with van der Waals surface area (Å²) in [5.74, 6) is -2.19. The molecule has 0 saturated carbocycles. The molecule has 0 spiro atoms. The smallest absolute Gasteiger partial charge is 0.372 e. The number of allylic oxidation sites excluding steroid dienone is 1. The summed E-state index contributed by atoms with van der Waals surface area (Å²) in [6.07, 6.45) is 0.690. The number of carbonyl (C=O) groups is 3. The fourth-order valence-electron chi connectivity index (χ4n) is 0.350. The van der Waals surface area contributed by atoms with E-state index in [2.05, 4.69) is 6.58 Å². The molecule has 0 unspecified atom stereocenters. The lowest BCUT2D eigenvalue weighted by atomic mass is 10.2. The summed E-state index contributed by atoms with van der Waals surface area (Å²) < 4.78 is 0. The first-order valence-electron chi connectivity index (χ1n) is 3.26. The number of carboxylic acids is 1. The van der Waals surface area contributed by atoms with E-state index in [9.17, 15) is 9.59 Å². The second kappa shape index (κ2) is 7.65. The van der Waals surface area contributed by atoms with Gasteiger partial charge in [0.05, 0.1) is 0 Å². The van der Waals surface area contributed by atoms with Crippen LogP contribution < -0.4 is 0 Å². The lowest BCUT2D eigenvalue weighted by Gasteiger charge is -1.90. The zero-order valence-electron chi connectivity index (χ0n) is 7.16. The van der Waals surface area contributed by atoms with Gasteiger partial charge in [-0.25, -0.2) is 4.79 Å². The maximum absolute atomic E-state index is 10.3. The third-order valence-electron chi connectivity index (χ3n) is 0.701. The van der Waals surface area contributed by atoms with Crippen LogP contribution in [0.2, 0.25) is 0 Å². The third kappa shape index (κ3) is 11.4. The Labute approximate surface area is 70.9 Å². The summed E-state index contributed by atoms with van der Waals surface area (Å²) >= 11 is 0. The van der Waals surface area contributed by atoms with E-state index in [0.29, 0.717) is 5.57 Å². The number of carbonyl (C=O) groups excluding carboxylic acids is 2. The van der Waals surface area contributed by atoms with Crippen LogP contribution in [0.25, 0.3) is 0 Å². The lowest BCUT2D eigenvalue weighted by molar-refractivity contribution is -0.148. The van der Waals surface area contributed by atoms with Crippen molar-refractivity contribution in [3.05, 3.63) is 12.2 Å². The van der Waals surface area contributed by atoms with E-state index >= 15 is 0 Å². The second-order valence-electron chi connectivity index (χ2n) is 2.10. The van der Waals surface area contributed by atoms with Gasteiger partial charge in [-0.15, -0.1) is 0 Å². The predicted octanol–water partition coefficient (Wildman–Crippen LogP) is 0.812. The van der Waals surface area contributed by atoms with Gasteiger partial charge >= 0.3 is 5.97 Å². The van der Waals surface area contributed by atoms with E-state index in [-0.39, 0.29) is 6.42 Å². The number of rotatable bonds is 3. The van der Waals surface area contributed by atoms with E-state index in [0.717, 1.165) is 6.29 Å². The molecular weight excluding hydrogens is 160 g/mol. The number of aldehydes is 1. The molecule has 0 aromatic heterocycles. The van der Waals surface area contributed by atoms with Gasteiger partial charge in [0.15, 0.2) is 0 Å². The molecule has 68 valence electrons. The number of aliphatic carboxylic acids is 1. The zero-order valence-corrected chi connectivity index (χ0v) is 7.16. The molecule has 0 atom stereocenters. The average Bonchev–Trinajstić information content (AvgIpc) is 1.87. The van der Waals surface area contributed by atoms with Crippen molar-refractivity contribution in [2.45, 2.75) is 20.3 Å². The van der Waals surface area contributed by atoms with Crippen molar-refractivity contribution in [2.24, 2.45) is 0 Å². The van der Waals surface area contributed by atoms with Gasteiger partial charge in [-0.05, 0) is 13.8 Å². The molecule has 4 heteroatoms. The normalized spacial score (nSPS) is 7.50. The minimum Gasteiger partial charge on any atom is -0.475 e. The quantitative estimate of drug-likeness (QED) is 0.388. The third-order valence-corrected chi connectivity index (χ3v) is 0.701. The van der Waals surface area contributed by atoms with Crippen LogP contribution in [-0.2, 0) is 14.4 Å². The SMILES string of the molecule is C=C(C)CC(=O)C(=O)O.CC=O. The average molecular weight is 172 g/mol. The largest absolute Gasteiger partial charge is 0.475 e. The Kier molecular flexibility index (Phi) is 8.40. The summed E-state index contributed by atoms with van der Waals surface area (Å²) in [5, 5.41) is 8.04. The number of carboxylic acid groups (broad SMARTS) is 1. The molecule has 4 nitrogen and oxygen atoms in total. The van der Waals surface area contributed by atoms with Crippen molar-refractivity contribution in [1.29, 1.82) is 0 Å². The van der Waals surface area contributed by atoms with E-state index < -0.39 is 11.8 Å². The molecule has 0 aromatic rings. The Balaban J connectivity index is 0. The molecule has 0 aromatic carbocycles. The first kappa shape index (κ1) is 13.2. The van der Waals surface area contributed by atoms with E-state index in [4.69, 9.17) is 9.90 Å². The molecule has 0 fully saturated rings. The lowest BCUT2D eigenvalue weighted by Crippen LogP contribution is -2.11. The molecule has 0 radical (unpaired) electrons. The zero-order chi connectivity index (χ0) is 10.1. The molecule has 0 amide bonds. The first-order chi connectivity index (χ1) is 5.45. The number of hydrogen-bond acceptors (Lipinski definition) is 3. The molecule has 1 N–H and O–H groups in total. The van der Waals surface area contributed by atoms with Gasteiger partial charge in [0.25, 0.3) is 0 Å². The molecule has 0 heterocycles. The standard InChI is InChI=1S/C6H8O3.C2H4O/c1-4(2)3-5(7)6(8)9;1-2-3/h1,3H2,2H3,(H,8,9);2H,1H3. The van der Waals surface area contributed by atoms with Crippen molar-refractivity contribution in [3.63, 3.8) is 0 Å². The topological polar surface area (TPSA) is 71.4 Å². The van der Waals surface area contributed by atoms with Crippen molar-refractivity contribution in [3.8, 4) is 0 Å². The van der Waals surface area contributed by atoms with Crippen molar-refractivity contribution < 1.29 is 19.5 Å². The Morgan fingerprint density at radius 1 is 1.50 bits per heavy atom. The van der Waals surface area contributed by atoms with Gasteiger partial charge in [-0.1, -0.05) is 12.2 Å². The van der Waals surface area contributed by atoms with E-state index in [1.807, 2.05) is 0 Å². The predicted molar refractivity (Wildman–Crippen MR) is 43.8 cm³/mol. The van der Waals surface area contributed by atoms with Gasteiger partial charge in [0, 0.05) is 6.42 Å². The van der Waals surface area contributed by atoms with Crippen LogP contribution in [0.4, 0.5) is 0 Å². The molecule has 0 rings (SSSR count). The van der Waals surface area contributed by atoms with Gasteiger partial charge < -0.3 is 9.90 Å². The maximum atomic E-state index is 10.3. The van der Waals surface area contributed by atoms with Crippen LogP contribution in [0.3, 0.4) is 0 Å². The second-order valence-corrected chi connectivity index (χ2v) is 2.10. The molecule has 12 heavy (non-hydrogen) atoms. The Hall–Kier alpha value is -1.45. The summed E-state index contributed by atoms with van der Waals surface area (Å²) in [7, 11) is 0. The fourth-order valence-corrected chi connectivity index (χ4v) is 0.350. The van der Waals surface area contributed by atoms with Crippen LogP contribution in [-0.4, -0.2) is 23.1 Å². The van der Waals surface area contributed by atoms with Gasteiger partial charge in [0.1, 0.15) is 6.29 Å². The van der Waals surface area contributed by atoms with Crippen molar-refractivity contribution in [2.75, 3.05) is 0 Å². The van der Waals surface area contributed by atoms with Crippen LogP contribution in [0.5, 0.6) is 0 Å². The molecule has 0 aliphatic rings. The summed E-state index contributed by atoms with van der Waals surface area (Å²) in [4.78, 5) is 28.9. The van der Waals surface area contributed by atoms with Gasteiger partial charge in [0.2, 0.25) is 5.78 Å². The molecule has 0 aliphatic carbocycles. The highest BCUT2D eigenvalue weighted by molar-refractivity contribution is 6.33. The highest BCUT2D eigenvalue weighted by atomic mass is 16.4. The van der Waals surface area contributed by atoms with Crippen LogP contribution in [0.15, 0.2) is 12.2 Å². The van der Waals surface area contributed by atoms with Gasteiger partial charge in [-0.3, -0.25) is 4.79 Å². The maximum Gasteiger partial charge on any atom is 0.372 e. The minimum atomic E-state index is -1.39. The number of ketones is 1. The number of Topliss-reactive ketones (excluding diaryl/α,β-unsaturated/α-hetero) is 1. The van der Waals surface area contributed by atoms with Gasteiger partial charge in [-0.2, -0.15) is 0 Å². The highest BCUT2D eigenvalue weighted by Gasteiger charge is 2.09. The Morgan fingerprint density at radius 3 is 1.92 bits per heavy atom. The minimum absolute atomic E-state index is 0.0602. The highest BCUT2D eigenvalue weighted by Crippen LogP contribution is 1.95. The fraction of sp³-hybridized carbons (Fsp3) is 0.375. The van der Waals surface area contributed by atoms with Crippen molar-refractivity contribution in [1.82, 2.24) is 0 Å². The Morgan fingerprint density at radius 2 is 1.83 bits per heavy atom. The summed E-state index contributed by atoms with van der Waals surface area (Å²) in [6, 6.07) is 0. The monoisotopic (exact) mass is 172 g/mol.